The van der Waals surface area contributed by atoms with E-state index in [4.69, 9.17) is 15.0 Å². The number of aromatic nitrogens is 3. The van der Waals surface area contributed by atoms with Gasteiger partial charge in [-0.05, 0) is 35.4 Å². The number of rotatable bonds is 5. The molecular formula is C43H27N3S. The Kier molecular flexibility index (Phi) is 6.65. The summed E-state index contributed by atoms with van der Waals surface area (Å²) in [5.41, 5.74) is 10.2. The van der Waals surface area contributed by atoms with Gasteiger partial charge in [0.1, 0.15) is 0 Å². The van der Waals surface area contributed by atoms with Gasteiger partial charge in [-0.3, -0.25) is 0 Å². The van der Waals surface area contributed by atoms with Gasteiger partial charge in [0.2, 0.25) is 0 Å². The largest absolute Gasteiger partial charge is 0.247 e. The maximum atomic E-state index is 5.26. The highest BCUT2D eigenvalue weighted by Crippen LogP contribution is 2.43. The third-order valence-electron chi connectivity index (χ3n) is 8.69. The highest BCUT2D eigenvalue weighted by Gasteiger charge is 2.17. The van der Waals surface area contributed by atoms with Crippen LogP contribution in [0.2, 0.25) is 0 Å². The molecule has 0 saturated heterocycles. The minimum Gasteiger partial charge on any atom is -0.247 e. The predicted molar refractivity (Wildman–Crippen MR) is 197 cm³/mol. The van der Waals surface area contributed by atoms with E-state index in [0.717, 1.165) is 44.9 Å². The molecular weight excluding hydrogens is 591 g/mol. The number of para-hydroxylation sites is 1. The topological polar surface area (TPSA) is 38.7 Å². The van der Waals surface area contributed by atoms with Crippen LogP contribution in [0.1, 0.15) is 0 Å². The second kappa shape index (κ2) is 11.4. The predicted octanol–water partition coefficient (Wildman–Crippen LogP) is 11.7. The molecule has 0 spiro atoms. The molecule has 0 N–H and O–H groups in total. The minimum absolute atomic E-state index is 0.683. The molecule has 0 bridgehead atoms. The summed E-state index contributed by atoms with van der Waals surface area (Å²) in [6, 6.07) is 57.1. The maximum Gasteiger partial charge on any atom is 0.160 e. The molecule has 220 valence electrons. The van der Waals surface area contributed by atoms with Crippen LogP contribution in [-0.4, -0.2) is 15.0 Å². The van der Waals surface area contributed by atoms with Crippen LogP contribution >= 0.6 is 11.3 Å². The van der Waals surface area contributed by atoms with Gasteiger partial charge in [0, 0.05) is 47.8 Å². The van der Waals surface area contributed by atoms with E-state index in [1.807, 2.05) is 35.6 Å². The third kappa shape index (κ3) is 4.96. The second-order valence-electron chi connectivity index (χ2n) is 11.6. The van der Waals surface area contributed by atoms with E-state index in [2.05, 4.69) is 140 Å². The Morgan fingerprint density at radius 2 is 0.936 bits per heavy atom. The molecule has 0 radical (unpaired) electrons. The molecule has 3 nitrogen and oxygen atoms in total. The van der Waals surface area contributed by atoms with Crippen LogP contribution in [-0.2, 0) is 0 Å². The summed E-state index contributed by atoms with van der Waals surface area (Å²) in [5.74, 6) is 0.683. The number of pyridine rings is 1. The van der Waals surface area contributed by atoms with Gasteiger partial charge in [0.25, 0.3) is 0 Å². The molecule has 47 heavy (non-hydrogen) atoms. The Hall–Kier alpha value is -5.97. The van der Waals surface area contributed by atoms with Gasteiger partial charge in [-0.2, -0.15) is 0 Å². The van der Waals surface area contributed by atoms with Crippen LogP contribution in [0.15, 0.2) is 164 Å². The Morgan fingerprint density at radius 3 is 1.70 bits per heavy atom. The molecule has 0 saturated carbocycles. The highest BCUT2D eigenvalue weighted by atomic mass is 32.1. The van der Waals surface area contributed by atoms with Crippen LogP contribution in [0.4, 0.5) is 0 Å². The monoisotopic (exact) mass is 617 g/mol. The fourth-order valence-electron chi connectivity index (χ4n) is 6.37. The molecule has 9 aromatic rings. The summed E-state index contributed by atoms with van der Waals surface area (Å²) in [4.78, 5) is 15.5. The molecule has 0 unspecified atom stereocenters. The van der Waals surface area contributed by atoms with Crippen molar-refractivity contribution in [2.75, 3.05) is 0 Å². The second-order valence-corrected chi connectivity index (χ2v) is 12.7. The fourth-order valence-corrected chi connectivity index (χ4v) is 7.61. The molecule has 4 heteroatoms. The zero-order valence-corrected chi connectivity index (χ0v) is 26.2. The molecule has 0 aliphatic carbocycles. The molecule has 3 aromatic heterocycles. The Bertz CT molecular complexity index is 2550. The first-order chi connectivity index (χ1) is 23.3. The Labute approximate surface area is 276 Å². The van der Waals surface area contributed by atoms with Gasteiger partial charge in [-0.25, -0.2) is 15.0 Å². The normalized spacial score (nSPS) is 11.4. The van der Waals surface area contributed by atoms with Gasteiger partial charge < -0.3 is 0 Å². The van der Waals surface area contributed by atoms with E-state index >= 15 is 0 Å². The molecule has 9 rings (SSSR count). The molecule has 0 fully saturated rings. The number of nitrogens with zero attached hydrogens (tertiary/aromatic N) is 3. The van der Waals surface area contributed by atoms with Crippen molar-refractivity contribution in [3.63, 3.8) is 0 Å². The first kappa shape index (κ1) is 27.3. The van der Waals surface area contributed by atoms with E-state index in [1.54, 1.807) is 0 Å². The summed E-state index contributed by atoms with van der Waals surface area (Å²) >= 11 is 1.83. The lowest BCUT2D eigenvalue weighted by Crippen LogP contribution is -1.96. The summed E-state index contributed by atoms with van der Waals surface area (Å²) < 4.78 is 2.53. The van der Waals surface area contributed by atoms with Crippen molar-refractivity contribution in [3.05, 3.63) is 164 Å². The average Bonchev–Trinajstić information content (AvgIpc) is 3.55. The van der Waals surface area contributed by atoms with Crippen molar-refractivity contribution in [1.82, 2.24) is 15.0 Å². The van der Waals surface area contributed by atoms with Crippen LogP contribution in [0.25, 0.3) is 87.4 Å². The maximum absolute atomic E-state index is 5.26. The standard InChI is InChI=1S/C43H27N3S/c1-3-12-28(13-4-1)29-22-24-31(25-23-29)38-27-37(30-14-5-2-6-15-30)45-43(46-38)33-17-11-16-32(26-33)41-40-35-19-8-10-21-39(35)47-42(40)34-18-7-9-20-36(34)44-41/h1-27H. The first-order valence-electron chi connectivity index (χ1n) is 15.7. The summed E-state index contributed by atoms with van der Waals surface area (Å²) in [7, 11) is 0. The summed E-state index contributed by atoms with van der Waals surface area (Å²) in [5, 5.41) is 3.61. The zero-order valence-electron chi connectivity index (χ0n) is 25.3. The number of benzene rings is 6. The Morgan fingerprint density at radius 1 is 0.383 bits per heavy atom. The van der Waals surface area contributed by atoms with Gasteiger partial charge >= 0.3 is 0 Å². The van der Waals surface area contributed by atoms with Crippen molar-refractivity contribution in [1.29, 1.82) is 0 Å². The van der Waals surface area contributed by atoms with Crippen LogP contribution in [0.3, 0.4) is 0 Å². The van der Waals surface area contributed by atoms with E-state index in [-0.39, 0.29) is 0 Å². The van der Waals surface area contributed by atoms with E-state index in [0.29, 0.717) is 5.82 Å². The van der Waals surface area contributed by atoms with Crippen LogP contribution < -0.4 is 0 Å². The van der Waals surface area contributed by atoms with E-state index in [9.17, 15) is 0 Å². The van der Waals surface area contributed by atoms with Crippen molar-refractivity contribution in [2.45, 2.75) is 0 Å². The van der Waals surface area contributed by atoms with Crippen molar-refractivity contribution >= 4 is 42.4 Å². The Balaban J connectivity index is 1.21. The van der Waals surface area contributed by atoms with Gasteiger partial charge in [-0.15, -0.1) is 11.3 Å². The summed E-state index contributed by atoms with van der Waals surface area (Å²) in [6.07, 6.45) is 0. The molecule has 0 atom stereocenters. The SMILES string of the molecule is c1ccc(-c2ccc(-c3cc(-c4ccccc4)nc(-c4cccc(-c5nc6ccccc6c6sc7ccccc7c56)c4)n3)cc2)cc1. The molecule has 0 aliphatic rings. The van der Waals surface area contributed by atoms with Crippen LogP contribution in [0.5, 0.6) is 0 Å². The van der Waals surface area contributed by atoms with Gasteiger partial charge in [0.15, 0.2) is 5.82 Å². The van der Waals surface area contributed by atoms with Gasteiger partial charge in [0.05, 0.1) is 22.6 Å². The van der Waals surface area contributed by atoms with Crippen LogP contribution in [0, 0.1) is 0 Å². The van der Waals surface area contributed by atoms with E-state index in [1.165, 1.54) is 36.7 Å². The quantitative estimate of drug-likeness (QED) is 0.193. The molecule has 0 aliphatic heterocycles. The van der Waals surface area contributed by atoms with Crippen molar-refractivity contribution < 1.29 is 0 Å². The molecule has 3 heterocycles. The molecule has 0 amide bonds. The third-order valence-corrected chi connectivity index (χ3v) is 9.89. The van der Waals surface area contributed by atoms with Gasteiger partial charge in [-0.1, -0.05) is 140 Å². The fraction of sp³-hybridized carbons (Fsp3) is 0. The van der Waals surface area contributed by atoms with Crippen molar-refractivity contribution in [2.24, 2.45) is 0 Å². The number of fused-ring (bicyclic) bond motifs is 5. The summed E-state index contributed by atoms with van der Waals surface area (Å²) in [6.45, 7) is 0. The lowest BCUT2D eigenvalue weighted by Gasteiger charge is -2.12. The number of hydrogen-bond acceptors (Lipinski definition) is 4. The minimum atomic E-state index is 0.683. The highest BCUT2D eigenvalue weighted by molar-refractivity contribution is 7.26. The van der Waals surface area contributed by atoms with E-state index < -0.39 is 0 Å². The number of hydrogen-bond donors (Lipinski definition) is 0. The average molecular weight is 618 g/mol. The first-order valence-corrected chi connectivity index (χ1v) is 16.5. The zero-order chi connectivity index (χ0) is 31.2. The smallest absolute Gasteiger partial charge is 0.160 e. The molecule has 6 aromatic carbocycles. The van der Waals surface area contributed by atoms with Crippen molar-refractivity contribution in [3.8, 4) is 56.3 Å². The number of thiophene rings is 1. The lowest BCUT2D eigenvalue weighted by atomic mass is 10.00. The lowest BCUT2D eigenvalue weighted by molar-refractivity contribution is 1.18.